The average molecular weight is 347 g/mol. The molecule has 25 heavy (non-hydrogen) atoms. The van der Waals surface area contributed by atoms with Gasteiger partial charge in [0.15, 0.2) is 0 Å². The third-order valence-electron chi connectivity index (χ3n) is 4.49. The van der Waals surface area contributed by atoms with Crippen LogP contribution in [0.15, 0.2) is 18.2 Å². The Hall–Kier alpha value is -1.55. The topological polar surface area (TPSA) is 41.6 Å². The van der Waals surface area contributed by atoms with Crippen LogP contribution in [0.1, 0.15) is 70.7 Å². The summed E-state index contributed by atoms with van der Waals surface area (Å²) < 4.78 is 5.72. The second-order valence-corrected chi connectivity index (χ2v) is 8.36. The molecule has 0 fully saturated rings. The van der Waals surface area contributed by atoms with Gasteiger partial charge in [-0.05, 0) is 62.8 Å². The van der Waals surface area contributed by atoms with Crippen molar-refractivity contribution in [3.05, 3.63) is 34.9 Å². The Labute approximate surface area is 152 Å². The molecule has 1 aliphatic rings. The van der Waals surface area contributed by atoms with Crippen molar-refractivity contribution in [1.82, 2.24) is 10.2 Å². The van der Waals surface area contributed by atoms with E-state index < -0.39 is 5.60 Å². The van der Waals surface area contributed by atoms with Gasteiger partial charge in [-0.15, -0.1) is 0 Å². The minimum atomic E-state index is -0.482. The van der Waals surface area contributed by atoms with Gasteiger partial charge in [0.05, 0.1) is 6.04 Å². The SMILES string of the molecule is CCC(c1cccc2c1CCNC2)N(CC(C)C)C(=O)OC(C)(C)C. The van der Waals surface area contributed by atoms with Crippen LogP contribution in [0.5, 0.6) is 0 Å². The van der Waals surface area contributed by atoms with Gasteiger partial charge in [0.2, 0.25) is 0 Å². The zero-order chi connectivity index (χ0) is 18.6. The molecule has 1 N–H and O–H groups in total. The summed E-state index contributed by atoms with van der Waals surface area (Å²) in [6, 6.07) is 6.56. The molecule has 0 aliphatic carbocycles. The molecule has 1 aromatic carbocycles. The van der Waals surface area contributed by atoms with Crippen LogP contribution < -0.4 is 5.32 Å². The molecule has 4 nitrogen and oxygen atoms in total. The molecule has 0 saturated heterocycles. The number of nitrogens with zero attached hydrogens (tertiary/aromatic N) is 1. The fourth-order valence-corrected chi connectivity index (χ4v) is 3.52. The van der Waals surface area contributed by atoms with Gasteiger partial charge in [-0.3, -0.25) is 0 Å². The first-order valence-electron chi connectivity index (χ1n) is 9.54. The highest BCUT2D eigenvalue weighted by molar-refractivity contribution is 5.69. The molecule has 0 bridgehead atoms. The Bertz CT molecular complexity index is 590. The van der Waals surface area contributed by atoms with Crippen molar-refractivity contribution in [3.63, 3.8) is 0 Å². The molecule has 1 unspecified atom stereocenters. The van der Waals surface area contributed by atoms with Crippen LogP contribution in [0.2, 0.25) is 0 Å². The first-order valence-corrected chi connectivity index (χ1v) is 9.54. The minimum absolute atomic E-state index is 0.0605. The molecule has 0 spiro atoms. The van der Waals surface area contributed by atoms with Crippen LogP contribution in [0.3, 0.4) is 0 Å². The van der Waals surface area contributed by atoms with Crippen molar-refractivity contribution >= 4 is 6.09 Å². The predicted molar refractivity (Wildman–Crippen MR) is 103 cm³/mol. The van der Waals surface area contributed by atoms with E-state index in [0.717, 1.165) is 25.9 Å². The van der Waals surface area contributed by atoms with E-state index in [-0.39, 0.29) is 12.1 Å². The van der Waals surface area contributed by atoms with Crippen molar-refractivity contribution in [2.75, 3.05) is 13.1 Å². The molecule has 0 aromatic heterocycles. The maximum absolute atomic E-state index is 12.9. The van der Waals surface area contributed by atoms with Crippen LogP contribution in [0.25, 0.3) is 0 Å². The van der Waals surface area contributed by atoms with E-state index in [1.54, 1.807) is 0 Å². The highest BCUT2D eigenvalue weighted by Gasteiger charge is 2.30. The summed E-state index contributed by atoms with van der Waals surface area (Å²) >= 11 is 0. The lowest BCUT2D eigenvalue weighted by Gasteiger charge is -2.36. The molecule has 1 amide bonds. The second-order valence-electron chi connectivity index (χ2n) is 8.36. The molecule has 1 aliphatic heterocycles. The van der Waals surface area contributed by atoms with E-state index in [1.807, 2.05) is 25.7 Å². The fourth-order valence-electron chi connectivity index (χ4n) is 3.52. The normalized spacial score (nSPS) is 15.6. The number of rotatable bonds is 5. The monoisotopic (exact) mass is 346 g/mol. The lowest BCUT2D eigenvalue weighted by Crippen LogP contribution is -2.41. The standard InChI is InChI=1S/C21H34N2O2/c1-7-19(18-10-8-9-16-13-22-12-11-17(16)18)23(14-15(2)3)20(24)25-21(4,5)6/h8-10,15,19,22H,7,11-14H2,1-6H3. The lowest BCUT2D eigenvalue weighted by atomic mass is 9.89. The number of benzene rings is 1. The quantitative estimate of drug-likeness (QED) is 0.842. The summed E-state index contributed by atoms with van der Waals surface area (Å²) in [5, 5.41) is 3.44. The molecule has 1 aromatic rings. The Kier molecular flexibility index (Phi) is 6.50. The number of hydrogen-bond acceptors (Lipinski definition) is 3. The highest BCUT2D eigenvalue weighted by atomic mass is 16.6. The number of amides is 1. The van der Waals surface area contributed by atoms with E-state index >= 15 is 0 Å². The number of carbonyl (C=O) groups is 1. The lowest BCUT2D eigenvalue weighted by molar-refractivity contribution is 0.0124. The Balaban J connectivity index is 2.38. The summed E-state index contributed by atoms with van der Waals surface area (Å²) in [6.45, 7) is 14.8. The second kappa shape index (κ2) is 8.22. The largest absolute Gasteiger partial charge is 0.444 e. The highest BCUT2D eigenvalue weighted by Crippen LogP contribution is 2.32. The Morgan fingerprint density at radius 3 is 2.64 bits per heavy atom. The molecule has 140 valence electrons. The molecule has 1 atom stereocenters. The summed E-state index contributed by atoms with van der Waals surface area (Å²) in [5.41, 5.74) is 3.57. The van der Waals surface area contributed by atoms with Gasteiger partial charge in [0.25, 0.3) is 0 Å². The van der Waals surface area contributed by atoms with Gasteiger partial charge in [0, 0.05) is 13.1 Å². The van der Waals surface area contributed by atoms with Gasteiger partial charge in [0.1, 0.15) is 5.60 Å². The molecule has 0 radical (unpaired) electrons. The molecular formula is C21H34N2O2. The van der Waals surface area contributed by atoms with Crippen molar-refractivity contribution in [2.24, 2.45) is 5.92 Å². The minimum Gasteiger partial charge on any atom is -0.444 e. The molecule has 2 rings (SSSR count). The van der Waals surface area contributed by atoms with E-state index in [0.29, 0.717) is 12.5 Å². The van der Waals surface area contributed by atoms with Crippen LogP contribution in [-0.4, -0.2) is 29.7 Å². The van der Waals surface area contributed by atoms with E-state index in [2.05, 4.69) is 44.3 Å². The zero-order valence-electron chi connectivity index (χ0n) is 16.7. The molecule has 0 saturated carbocycles. The zero-order valence-corrected chi connectivity index (χ0v) is 16.7. The third kappa shape index (κ3) is 5.21. The van der Waals surface area contributed by atoms with Crippen LogP contribution >= 0.6 is 0 Å². The van der Waals surface area contributed by atoms with Crippen LogP contribution in [-0.2, 0) is 17.7 Å². The Morgan fingerprint density at radius 2 is 2.04 bits per heavy atom. The molecular weight excluding hydrogens is 312 g/mol. The fraction of sp³-hybridized carbons (Fsp3) is 0.667. The van der Waals surface area contributed by atoms with E-state index in [9.17, 15) is 4.79 Å². The third-order valence-corrected chi connectivity index (χ3v) is 4.49. The van der Waals surface area contributed by atoms with Gasteiger partial charge < -0.3 is 15.0 Å². The van der Waals surface area contributed by atoms with Gasteiger partial charge >= 0.3 is 6.09 Å². The summed E-state index contributed by atoms with van der Waals surface area (Å²) in [4.78, 5) is 14.9. The van der Waals surface area contributed by atoms with Crippen LogP contribution in [0, 0.1) is 5.92 Å². The van der Waals surface area contributed by atoms with Crippen molar-refractivity contribution in [2.45, 2.75) is 72.6 Å². The average Bonchev–Trinajstić information content (AvgIpc) is 2.53. The molecule has 4 heteroatoms. The summed E-state index contributed by atoms with van der Waals surface area (Å²) in [6.07, 6.45) is 1.70. The Morgan fingerprint density at radius 1 is 1.32 bits per heavy atom. The van der Waals surface area contributed by atoms with Crippen molar-refractivity contribution in [1.29, 1.82) is 0 Å². The number of nitrogens with one attached hydrogen (secondary N) is 1. The number of fused-ring (bicyclic) bond motifs is 1. The smallest absolute Gasteiger partial charge is 0.410 e. The van der Waals surface area contributed by atoms with Gasteiger partial charge in [-0.2, -0.15) is 0 Å². The number of hydrogen-bond donors (Lipinski definition) is 1. The van der Waals surface area contributed by atoms with E-state index in [4.69, 9.17) is 4.74 Å². The summed E-state index contributed by atoms with van der Waals surface area (Å²) in [5.74, 6) is 0.391. The summed E-state index contributed by atoms with van der Waals surface area (Å²) in [7, 11) is 0. The number of carbonyl (C=O) groups excluding carboxylic acids is 1. The maximum atomic E-state index is 12.9. The first kappa shape index (κ1) is 19.8. The predicted octanol–water partition coefficient (Wildman–Crippen LogP) is 4.68. The van der Waals surface area contributed by atoms with Gasteiger partial charge in [-0.1, -0.05) is 39.0 Å². The molecule has 1 heterocycles. The van der Waals surface area contributed by atoms with Crippen LogP contribution in [0.4, 0.5) is 4.79 Å². The van der Waals surface area contributed by atoms with Crippen molar-refractivity contribution in [3.8, 4) is 0 Å². The van der Waals surface area contributed by atoms with Crippen molar-refractivity contribution < 1.29 is 9.53 Å². The first-order chi connectivity index (χ1) is 11.7. The number of ether oxygens (including phenoxy) is 1. The maximum Gasteiger partial charge on any atom is 0.410 e. The van der Waals surface area contributed by atoms with E-state index in [1.165, 1.54) is 16.7 Å². The van der Waals surface area contributed by atoms with Gasteiger partial charge in [-0.25, -0.2) is 4.79 Å².